The Labute approximate surface area is 144 Å². The smallest absolute Gasteiger partial charge is 0.460 e. The maximum absolute atomic E-state index is 12.6. The van der Waals surface area contributed by atoms with E-state index in [1.54, 1.807) is 43.7 Å². The maximum Gasteiger partial charge on any atom is 0.511 e. The number of alkyl halides is 3. The predicted octanol–water partition coefficient (Wildman–Crippen LogP) is 2.55. The molecule has 0 bridgehead atoms. The summed E-state index contributed by atoms with van der Waals surface area (Å²) in [6, 6.07) is 3.67. The van der Waals surface area contributed by atoms with Crippen molar-refractivity contribution in [2.75, 3.05) is 0 Å². The molecule has 1 heterocycles. The molecule has 1 aromatic rings. The lowest BCUT2D eigenvalue weighted by molar-refractivity contribution is -0.155. The number of nitrogens with one attached hydrogen (secondary N) is 1. The summed E-state index contributed by atoms with van der Waals surface area (Å²) >= 11 is 0. The summed E-state index contributed by atoms with van der Waals surface area (Å²) in [7, 11) is -5.53. The van der Waals surface area contributed by atoms with Crippen LogP contribution >= 0.6 is 0 Å². The van der Waals surface area contributed by atoms with Crippen molar-refractivity contribution in [3.8, 4) is 0 Å². The Morgan fingerprint density at radius 1 is 1.28 bits per heavy atom. The third-order valence-electron chi connectivity index (χ3n) is 2.93. The van der Waals surface area contributed by atoms with Gasteiger partial charge in [0, 0.05) is 30.8 Å². The van der Waals surface area contributed by atoms with Crippen LogP contribution in [-0.4, -0.2) is 36.5 Å². The molecule has 0 aliphatic carbocycles. The molecule has 10 heteroatoms. The largest absolute Gasteiger partial charge is 0.511 e. The molecule has 0 spiro atoms. The van der Waals surface area contributed by atoms with Gasteiger partial charge < -0.3 is 4.74 Å². The van der Waals surface area contributed by atoms with Gasteiger partial charge in [-0.05, 0) is 39.3 Å². The fraction of sp³-hybridized carbons (Fsp3) is 0.600. The lowest BCUT2D eigenvalue weighted by atomic mass is 10.1. The molecule has 0 amide bonds. The van der Waals surface area contributed by atoms with Gasteiger partial charge in [0.05, 0.1) is 0 Å². The van der Waals surface area contributed by atoms with E-state index in [-0.39, 0.29) is 19.3 Å². The van der Waals surface area contributed by atoms with Gasteiger partial charge in [-0.2, -0.15) is 13.2 Å². The van der Waals surface area contributed by atoms with Crippen molar-refractivity contribution >= 4 is 16.0 Å². The Morgan fingerprint density at radius 2 is 1.92 bits per heavy atom. The first-order valence-corrected chi connectivity index (χ1v) is 8.99. The second-order valence-electron chi connectivity index (χ2n) is 6.41. The van der Waals surface area contributed by atoms with Gasteiger partial charge in [0.25, 0.3) is 0 Å². The summed E-state index contributed by atoms with van der Waals surface area (Å²) < 4.78 is 67.2. The van der Waals surface area contributed by atoms with Crippen molar-refractivity contribution in [1.29, 1.82) is 0 Å². The number of ether oxygens (including phenoxy) is 1. The van der Waals surface area contributed by atoms with Crippen LogP contribution in [0.5, 0.6) is 0 Å². The van der Waals surface area contributed by atoms with E-state index in [0.717, 1.165) is 0 Å². The van der Waals surface area contributed by atoms with Crippen molar-refractivity contribution in [3.05, 3.63) is 30.1 Å². The quantitative estimate of drug-likeness (QED) is 0.733. The molecule has 0 aliphatic rings. The topological polar surface area (TPSA) is 85.4 Å². The number of carbonyl (C=O) groups excluding carboxylic acids is 1. The fourth-order valence-electron chi connectivity index (χ4n) is 1.94. The molecule has 0 aliphatic heterocycles. The van der Waals surface area contributed by atoms with Gasteiger partial charge in [0.2, 0.25) is 0 Å². The van der Waals surface area contributed by atoms with Crippen LogP contribution in [0.3, 0.4) is 0 Å². The van der Waals surface area contributed by atoms with Crippen LogP contribution in [0.4, 0.5) is 13.2 Å². The molecule has 0 saturated carbocycles. The Bertz CT molecular complexity index is 670. The van der Waals surface area contributed by atoms with Crippen LogP contribution < -0.4 is 4.72 Å². The summed E-state index contributed by atoms with van der Waals surface area (Å²) in [6.07, 6.45) is 0.980. The Morgan fingerprint density at radius 3 is 2.40 bits per heavy atom. The first-order valence-electron chi connectivity index (χ1n) is 7.50. The van der Waals surface area contributed by atoms with Crippen molar-refractivity contribution < 1.29 is 31.1 Å². The van der Waals surface area contributed by atoms with Crippen molar-refractivity contribution in [1.82, 2.24) is 9.71 Å². The average Bonchev–Trinajstić information content (AvgIpc) is 2.42. The molecule has 1 atom stereocenters. The molecule has 1 rings (SSSR count). The molecule has 1 N–H and O–H groups in total. The minimum absolute atomic E-state index is 0.0844. The van der Waals surface area contributed by atoms with Crippen molar-refractivity contribution in [2.24, 2.45) is 0 Å². The minimum Gasteiger partial charge on any atom is -0.460 e. The van der Waals surface area contributed by atoms with Gasteiger partial charge in [-0.15, -0.1) is 0 Å². The highest BCUT2D eigenvalue weighted by molar-refractivity contribution is 7.90. The van der Waals surface area contributed by atoms with Crippen LogP contribution in [0.1, 0.15) is 39.3 Å². The Balaban J connectivity index is 2.83. The molecule has 142 valence electrons. The van der Waals surface area contributed by atoms with Gasteiger partial charge in [-0.3, -0.25) is 9.78 Å². The van der Waals surface area contributed by atoms with Crippen molar-refractivity contribution in [3.63, 3.8) is 0 Å². The van der Waals surface area contributed by atoms with Crippen LogP contribution in [0.25, 0.3) is 0 Å². The molecule has 0 fully saturated rings. The second kappa shape index (κ2) is 8.13. The monoisotopic (exact) mass is 382 g/mol. The lowest BCUT2D eigenvalue weighted by Gasteiger charge is -2.22. The van der Waals surface area contributed by atoms with Crippen molar-refractivity contribution in [2.45, 2.75) is 57.2 Å². The average molecular weight is 382 g/mol. The predicted molar refractivity (Wildman–Crippen MR) is 84.9 cm³/mol. The number of nitrogens with zero attached hydrogens (tertiary/aromatic N) is 1. The lowest BCUT2D eigenvalue weighted by Crippen LogP contribution is -2.44. The molecule has 0 saturated heterocycles. The van der Waals surface area contributed by atoms with Gasteiger partial charge in [-0.25, -0.2) is 13.1 Å². The summed E-state index contributed by atoms with van der Waals surface area (Å²) in [5.41, 5.74) is -5.76. The van der Waals surface area contributed by atoms with Gasteiger partial charge >= 0.3 is 21.5 Å². The van der Waals surface area contributed by atoms with E-state index in [2.05, 4.69) is 4.98 Å². The number of rotatable bonds is 7. The zero-order chi connectivity index (χ0) is 19.3. The molecule has 0 aromatic carbocycles. The van der Waals surface area contributed by atoms with E-state index in [0.29, 0.717) is 5.69 Å². The molecule has 1 aromatic heterocycles. The van der Waals surface area contributed by atoms with Crippen LogP contribution in [0.2, 0.25) is 0 Å². The van der Waals surface area contributed by atoms with Gasteiger partial charge in [0.15, 0.2) is 0 Å². The maximum atomic E-state index is 12.6. The number of sulfonamides is 1. The number of halogens is 3. The Hall–Kier alpha value is -1.68. The fourth-order valence-corrected chi connectivity index (χ4v) is 2.72. The van der Waals surface area contributed by atoms with Crippen LogP contribution in [0.15, 0.2) is 24.4 Å². The van der Waals surface area contributed by atoms with E-state index in [9.17, 15) is 26.4 Å². The zero-order valence-corrected chi connectivity index (χ0v) is 14.9. The second-order valence-corrected chi connectivity index (χ2v) is 8.12. The molecule has 25 heavy (non-hydrogen) atoms. The first kappa shape index (κ1) is 21.4. The Kier molecular flexibility index (Phi) is 6.95. The first-order chi connectivity index (χ1) is 11.3. The molecular formula is C15H21F3N2O4S. The standard InChI is InChI=1S/C15H21F3N2O4S/c1-14(2,3)24-13(21)8-7-12(10-11-6-4-5-9-19-11)20-25(22,23)15(16,17)18/h4-6,9,12,20H,7-8,10H2,1-3H3. The highest BCUT2D eigenvalue weighted by Crippen LogP contribution is 2.23. The van der Waals surface area contributed by atoms with E-state index in [1.807, 2.05) is 0 Å². The molecule has 6 nitrogen and oxygen atoms in total. The number of pyridine rings is 1. The van der Waals surface area contributed by atoms with E-state index >= 15 is 0 Å². The molecule has 1 unspecified atom stereocenters. The molecule has 0 radical (unpaired) electrons. The van der Waals surface area contributed by atoms with E-state index in [1.165, 1.54) is 6.20 Å². The third kappa shape index (κ3) is 7.82. The minimum atomic E-state index is -5.53. The zero-order valence-electron chi connectivity index (χ0n) is 14.1. The van der Waals surface area contributed by atoms with Crippen LogP contribution in [-0.2, 0) is 26.0 Å². The number of aromatic nitrogens is 1. The highest BCUT2D eigenvalue weighted by atomic mass is 32.2. The van der Waals surface area contributed by atoms with Gasteiger partial charge in [-0.1, -0.05) is 6.07 Å². The highest BCUT2D eigenvalue weighted by Gasteiger charge is 2.46. The summed E-state index contributed by atoms with van der Waals surface area (Å²) in [5.74, 6) is -0.621. The van der Waals surface area contributed by atoms with Crippen LogP contribution in [0, 0.1) is 0 Å². The molecular weight excluding hydrogens is 361 g/mol. The van der Waals surface area contributed by atoms with E-state index < -0.39 is 33.1 Å². The number of carbonyl (C=O) groups is 1. The summed E-state index contributed by atoms with van der Waals surface area (Å²) in [4.78, 5) is 15.7. The number of hydrogen-bond donors (Lipinski definition) is 1. The third-order valence-corrected chi connectivity index (χ3v) is 4.18. The summed E-state index contributed by atoms with van der Waals surface area (Å²) in [5, 5.41) is 0. The van der Waals surface area contributed by atoms with E-state index in [4.69, 9.17) is 4.74 Å². The SMILES string of the molecule is CC(C)(C)OC(=O)CCC(Cc1ccccn1)NS(=O)(=O)C(F)(F)F. The number of hydrogen-bond acceptors (Lipinski definition) is 5. The van der Waals surface area contributed by atoms with Gasteiger partial charge in [0.1, 0.15) is 5.60 Å². The number of esters is 1. The summed E-state index contributed by atoms with van der Waals surface area (Å²) in [6.45, 7) is 4.97. The normalized spacial score (nSPS) is 14.2.